The number of hydrogen-bond donors (Lipinski definition) is 1. The molecule has 0 aromatic carbocycles. The van der Waals surface area contributed by atoms with Crippen molar-refractivity contribution < 1.29 is 0 Å². The fourth-order valence-corrected chi connectivity index (χ4v) is 1.42. The Bertz CT molecular complexity index is 336. The van der Waals surface area contributed by atoms with E-state index in [1.807, 2.05) is 0 Å². The maximum Gasteiger partial charge on any atom is 0.180 e. The van der Waals surface area contributed by atoms with E-state index in [0.717, 1.165) is 11.3 Å². The average molecular weight is 194 g/mol. The second-order valence-electron chi connectivity index (χ2n) is 3.89. The fraction of sp³-hybridized carbons (Fsp3) is 0.500. The molecule has 1 rings (SSSR count). The highest BCUT2D eigenvalue weighted by atomic mass is 32.1. The zero-order chi connectivity index (χ0) is 9.90. The highest BCUT2D eigenvalue weighted by molar-refractivity contribution is 7.15. The van der Waals surface area contributed by atoms with Gasteiger partial charge in [0.25, 0.3) is 0 Å². The highest BCUT2D eigenvalue weighted by Gasteiger charge is 2.03. The van der Waals surface area contributed by atoms with Crippen LogP contribution in [0.5, 0.6) is 0 Å². The summed E-state index contributed by atoms with van der Waals surface area (Å²) in [4.78, 5) is 5.09. The summed E-state index contributed by atoms with van der Waals surface area (Å²) in [5.41, 5.74) is 5.57. The van der Waals surface area contributed by atoms with Gasteiger partial charge in [-0.15, -0.1) is 11.3 Å². The largest absolute Gasteiger partial charge is 0.375 e. The van der Waals surface area contributed by atoms with E-state index >= 15 is 0 Å². The van der Waals surface area contributed by atoms with Crippen LogP contribution in [0.3, 0.4) is 0 Å². The minimum Gasteiger partial charge on any atom is -0.375 e. The van der Waals surface area contributed by atoms with Crippen LogP contribution in [0.2, 0.25) is 0 Å². The number of hydrogen-bond acceptors (Lipinski definition) is 3. The smallest absolute Gasteiger partial charge is 0.180 e. The van der Waals surface area contributed by atoms with Crippen molar-refractivity contribution in [3.63, 3.8) is 0 Å². The predicted octanol–water partition coefficient (Wildman–Crippen LogP) is 2.32. The number of rotatable bonds is 1. The fourth-order valence-electron chi connectivity index (χ4n) is 0.801. The lowest BCUT2D eigenvalue weighted by Gasteiger charge is -2.06. The van der Waals surface area contributed by atoms with Gasteiger partial charge in [-0.1, -0.05) is 11.8 Å². The van der Waals surface area contributed by atoms with Crippen molar-refractivity contribution in [2.75, 3.05) is 5.73 Å². The van der Waals surface area contributed by atoms with Gasteiger partial charge in [-0.3, -0.25) is 0 Å². The van der Waals surface area contributed by atoms with Gasteiger partial charge in [0.1, 0.15) is 0 Å². The molecule has 0 atom stereocenters. The first-order valence-corrected chi connectivity index (χ1v) is 4.99. The van der Waals surface area contributed by atoms with Gasteiger partial charge in [0.05, 0.1) is 0 Å². The Balaban J connectivity index is 2.55. The zero-order valence-corrected chi connectivity index (χ0v) is 9.03. The van der Waals surface area contributed by atoms with Gasteiger partial charge < -0.3 is 5.73 Å². The molecule has 70 valence electrons. The zero-order valence-electron chi connectivity index (χ0n) is 8.22. The number of aromatic nitrogens is 1. The molecule has 0 bridgehead atoms. The van der Waals surface area contributed by atoms with Crippen molar-refractivity contribution >= 4 is 16.5 Å². The van der Waals surface area contributed by atoms with E-state index in [1.54, 1.807) is 6.20 Å². The summed E-state index contributed by atoms with van der Waals surface area (Å²) < 4.78 is 0. The minimum absolute atomic E-state index is 0.0796. The van der Waals surface area contributed by atoms with Crippen LogP contribution in [0.15, 0.2) is 6.20 Å². The second kappa shape index (κ2) is 3.80. The van der Waals surface area contributed by atoms with E-state index < -0.39 is 0 Å². The summed E-state index contributed by atoms with van der Waals surface area (Å²) >= 11 is 1.50. The van der Waals surface area contributed by atoms with E-state index in [9.17, 15) is 0 Å². The van der Waals surface area contributed by atoms with Gasteiger partial charge in [-0.05, 0) is 20.8 Å². The molecular weight excluding hydrogens is 180 g/mol. The molecule has 0 amide bonds. The summed E-state index contributed by atoms with van der Waals surface area (Å²) in [6.07, 6.45) is 2.55. The molecule has 0 aliphatic heterocycles. The first kappa shape index (κ1) is 10.1. The van der Waals surface area contributed by atoms with Crippen LogP contribution in [-0.4, -0.2) is 4.98 Å². The topological polar surface area (TPSA) is 38.9 Å². The van der Waals surface area contributed by atoms with Crippen LogP contribution >= 0.6 is 11.3 Å². The average Bonchev–Trinajstić information content (AvgIpc) is 2.33. The molecule has 0 spiro atoms. The summed E-state index contributed by atoms with van der Waals surface area (Å²) in [6.45, 7) is 6.29. The Morgan fingerprint density at radius 2 is 2.23 bits per heavy atom. The maximum atomic E-state index is 5.50. The molecule has 3 heteroatoms. The molecule has 1 heterocycles. The summed E-state index contributed by atoms with van der Waals surface area (Å²) in [5, 5.41) is 0.618. The Morgan fingerprint density at radius 1 is 1.54 bits per heavy atom. The molecule has 2 N–H and O–H groups in total. The molecule has 0 aliphatic rings. The van der Waals surface area contributed by atoms with Gasteiger partial charge in [0.2, 0.25) is 0 Å². The molecule has 0 saturated carbocycles. The number of nitrogens with zero attached hydrogens (tertiary/aromatic N) is 1. The molecule has 0 fully saturated rings. The van der Waals surface area contributed by atoms with Gasteiger partial charge in [0, 0.05) is 22.9 Å². The maximum absolute atomic E-state index is 5.50. The van der Waals surface area contributed by atoms with Crippen molar-refractivity contribution in [3.05, 3.63) is 11.1 Å². The standard InChI is InChI=1S/C10H14N2S/c1-10(2,3)6-4-5-8-7-12-9(11)13-8/h7H,5H2,1-3H3,(H2,11,12). The van der Waals surface area contributed by atoms with E-state index in [1.165, 1.54) is 11.3 Å². The van der Waals surface area contributed by atoms with Crippen LogP contribution < -0.4 is 5.73 Å². The summed E-state index contributed by atoms with van der Waals surface area (Å²) in [5.74, 6) is 6.29. The van der Waals surface area contributed by atoms with Crippen LogP contribution in [0.4, 0.5) is 5.13 Å². The minimum atomic E-state index is 0.0796. The molecule has 0 radical (unpaired) electrons. The first-order valence-electron chi connectivity index (χ1n) is 4.17. The predicted molar refractivity (Wildman–Crippen MR) is 57.5 cm³/mol. The number of thiazole rings is 1. The Hall–Kier alpha value is -1.01. The molecule has 13 heavy (non-hydrogen) atoms. The van der Waals surface area contributed by atoms with Crippen LogP contribution in [0, 0.1) is 17.3 Å². The van der Waals surface area contributed by atoms with E-state index in [-0.39, 0.29) is 5.41 Å². The lowest BCUT2D eigenvalue weighted by atomic mass is 9.98. The Labute approximate surface area is 83.2 Å². The highest BCUT2D eigenvalue weighted by Crippen LogP contribution is 2.15. The van der Waals surface area contributed by atoms with Crippen molar-refractivity contribution in [1.82, 2.24) is 4.98 Å². The van der Waals surface area contributed by atoms with Gasteiger partial charge in [-0.2, -0.15) is 0 Å². The van der Waals surface area contributed by atoms with Crippen LogP contribution in [0.25, 0.3) is 0 Å². The number of nitrogen functional groups attached to an aromatic ring is 1. The van der Waals surface area contributed by atoms with Gasteiger partial charge in [0.15, 0.2) is 5.13 Å². The van der Waals surface area contributed by atoms with Crippen molar-refractivity contribution in [2.24, 2.45) is 5.41 Å². The number of nitrogens with two attached hydrogens (primary N) is 1. The Kier molecular flexibility index (Phi) is 2.94. The summed E-state index contributed by atoms with van der Waals surface area (Å²) in [6, 6.07) is 0. The third-order valence-corrected chi connectivity index (χ3v) is 2.12. The van der Waals surface area contributed by atoms with Crippen LogP contribution in [-0.2, 0) is 6.42 Å². The van der Waals surface area contributed by atoms with E-state index in [0.29, 0.717) is 5.13 Å². The molecule has 1 aromatic heterocycles. The first-order chi connectivity index (χ1) is 5.97. The number of anilines is 1. The van der Waals surface area contributed by atoms with E-state index in [4.69, 9.17) is 5.73 Å². The van der Waals surface area contributed by atoms with Gasteiger partial charge in [-0.25, -0.2) is 4.98 Å². The third kappa shape index (κ3) is 3.95. The van der Waals surface area contributed by atoms with Gasteiger partial charge >= 0.3 is 0 Å². The normalized spacial score (nSPS) is 10.7. The van der Waals surface area contributed by atoms with E-state index in [2.05, 4.69) is 37.6 Å². The summed E-state index contributed by atoms with van der Waals surface area (Å²) in [7, 11) is 0. The molecular formula is C10H14N2S. The molecule has 0 aliphatic carbocycles. The molecule has 1 aromatic rings. The lowest BCUT2D eigenvalue weighted by Crippen LogP contribution is -1.99. The van der Waals surface area contributed by atoms with Crippen molar-refractivity contribution in [3.8, 4) is 11.8 Å². The molecule has 0 unspecified atom stereocenters. The SMILES string of the molecule is CC(C)(C)C#CCc1cnc(N)s1. The lowest BCUT2D eigenvalue weighted by molar-refractivity contribution is 0.570. The second-order valence-corrected chi connectivity index (χ2v) is 5.04. The van der Waals surface area contributed by atoms with Crippen LogP contribution in [0.1, 0.15) is 25.6 Å². The van der Waals surface area contributed by atoms with Crippen molar-refractivity contribution in [1.29, 1.82) is 0 Å². The monoisotopic (exact) mass is 194 g/mol. The quantitative estimate of drug-likeness (QED) is 0.697. The Morgan fingerprint density at radius 3 is 2.69 bits per heavy atom. The van der Waals surface area contributed by atoms with Crippen molar-refractivity contribution in [2.45, 2.75) is 27.2 Å². The third-order valence-electron chi connectivity index (χ3n) is 1.30. The molecule has 0 saturated heterocycles. The molecule has 2 nitrogen and oxygen atoms in total.